The summed E-state index contributed by atoms with van der Waals surface area (Å²) < 4.78 is 6.55. The van der Waals surface area contributed by atoms with Crippen molar-refractivity contribution in [1.29, 1.82) is 0 Å². The van der Waals surface area contributed by atoms with Gasteiger partial charge in [-0.05, 0) is 59.0 Å². The maximum absolute atomic E-state index is 12.2. The van der Waals surface area contributed by atoms with Gasteiger partial charge in [0, 0.05) is 9.13 Å². The van der Waals surface area contributed by atoms with Crippen LogP contribution in [0.5, 0.6) is 5.75 Å². The molecule has 6 heteroatoms. The Morgan fingerprint density at radius 1 is 1.19 bits per heavy atom. The van der Waals surface area contributed by atoms with Crippen LogP contribution < -0.4 is 15.8 Å². The number of carbonyl (C=O) groups is 1. The fraction of sp³-hybridized carbons (Fsp3) is 0.0667. The average molecular weight is 412 g/mol. The number of halogens is 1. The Hall–Kier alpha value is -1.67. The van der Waals surface area contributed by atoms with Crippen LogP contribution in [-0.4, -0.2) is 17.5 Å². The number of benzene rings is 2. The maximum Gasteiger partial charge on any atom is 0.255 e. The highest BCUT2D eigenvalue weighted by Gasteiger charge is 2.09. The van der Waals surface area contributed by atoms with Gasteiger partial charge in [0.15, 0.2) is 0 Å². The Bertz CT molecular complexity index is 659. The highest BCUT2D eigenvalue weighted by Crippen LogP contribution is 2.24. The molecule has 0 saturated heterocycles. The second-order valence-electron chi connectivity index (χ2n) is 4.21. The van der Waals surface area contributed by atoms with Gasteiger partial charge in [0.1, 0.15) is 17.3 Å². The smallest absolute Gasteiger partial charge is 0.255 e. The third-order valence-electron chi connectivity index (χ3n) is 2.61. The minimum Gasteiger partial charge on any atom is -0.484 e. The van der Waals surface area contributed by atoms with Crippen LogP contribution in [0.1, 0.15) is 10.4 Å². The Morgan fingerprint density at radius 3 is 2.52 bits per heavy atom. The van der Waals surface area contributed by atoms with E-state index in [0.717, 1.165) is 3.57 Å². The van der Waals surface area contributed by atoms with Crippen molar-refractivity contribution < 1.29 is 9.53 Å². The minimum atomic E-state index is -0.197. The number of rotatable bonds is 5. The number of thiocarbonyl (C=S) groups is 1. The van der Waals surface area contributed by atoms with E-state index in [2.05, 4.69) is 27.9 Å². The van der Waals surface area contributed by atoms with E-state index in [1.165, 1.54) is 0 Å². The molecule has 108 valence electrons. The van der Waals surface area contributed by atoms with E-state index in [9.17, 15) is 4.79 Å². The van der Waals surface area contributed by atoms with Gasteiger partial charge in [0.25, 0.3) is 5.91 Å². The molecule has 21 heavy (non-hydrogen) atoms. The molecule has 0 bridgehead atoms. The molecule has 3 N–H and O–H groups in total. The van der Waals surface area contributed by atoms with E-state index in [-0.39, 0.29) is 17.5 Å². The Balaban J connectivity index is 2.13. The Kier molecular flexibility index (Phi) is 5.51. The molecule has 2 aromatic carbocycles. The summed E-state index contributed by atoms with van der Waals surface area (Å²) in [4.78, 5) is 12.5. The van der Waals surface area contributed by atoms with Gasteiger partial charge in [0.2, 0.25) is 0 Å². The van der Waals surface area contributed by atoms with E-state index in [1.54, 1.807) is 24.3 Å². The van der Waals surface area contributed by atoms with Crippen LogP contribution >= 0.6 is 34.8 Å². The first kappa shape index (κ1) is 15.7. The van der Waals surface area contributed by atoms with E-state index in [0.29, 0.717) is 17.0 Å². The molecule has 0 saturated carbocycles. The predicted molar refractivity (Wildman–Crippen MR) is 95.8 cm³/mol. The number of amides is 1. The van der Waals surface area contributed by atoms with Gasteiger partial charge < -0.3 is 15.8 Å². The molecule has 0 fully saturated rings. The van der Waals surface area contributed by atoms with E-state index < -0.39 is 0 Å². The second kappa shape index (κ2) is 7.37. The average Bonchev–Trinajstić information content (AvgIpc) is 2.47. The van der Waals surface area contributed by atoms with Crippen molar-refractivity contribution in [2.75, 3.05) is 11.9 Å². The number of anilines is 1. The van der Waals surface area contributed by atoms with Crippen molar-refractivity contribution in [1.82, 2.24) is 0 Å². The van der Waals surface area contributed by atoms with Crippen LogP contribution in [0.2, 0.25) is 0 Å². The normalized spacial score (nSPS) is 9.95. The van der Waals surface area contributed by atoms with Crippen molar-refractivity contribution in [3.05, 3.63) is 57.7 Å². The van der Waals surface area contributed by atoms with Crippen molar-refractivity contribution >= 4 is 51.4 Å². The van der Waals surface area contributed by atoms with Crippen LogP contribution in [0.15, 0.2) is 48.5 Å². The van der Waals surface area contributed by atoms with Gasteiger partial charge in [-0.1, -0.05) is 24.4 Å². The summed E-state index contributed by atoms with van der Waals surface area (Å²) in [6, 6.07) is 14.5. The highest BCUT2D eigenvalue weighted by atomic mass is 127. The van der Waals surface area contributed by atoms with Crippen LogP contribution in [0.4, 0.5) is 5.69 Å². The van der Waals surface area contributed by atoms with Crippen LogP contribution in [0, 0.1) is 3.57 Å². The summed E-state index contributed by atoms with van der Waals surface area (Å²) in [5.41, 5.74) is 6.58. The predicted octanol–water partition coefficient (Wildman–Crippen LogP) is 3.21. The topological polar surface area (TPSA) is 64.3 Å². The number of carbonyl (C=O) groups excluding carboxylic acids is 1. The molecule has 0 spiro atoms. The molecule has 0 heterocycles. The lowest BCUT2D eigenvalue weighted by atomic mass is 10.2. The SMILES string of the molecule is NC(=S)COc1ccccc1NC(=O)c1ccc(I)cc1. The Labute approximate surface area is 141 Å². The van der Waals surface area contributed by atoms with Gasteiger partial charge in [-0.25, -0.2) is 0 Å². The molecule has 2 aromatic rings. The number of hydrogen-bond donors (Lipinski definition) is 2. The first-order valence-electron chi connectivity index (χ1n) is 6.13. The van der Waals surface area contributed by atoms with E-state index in [1.807, 2.05) is 24.3 Å². The standard InChI is InChI=1S/C15H13IN2O2S/c16-11-7-5-10(6-8-11)15(19)18-12-3-1-2-4-13(12)20-9-14(17)21/h1-8H,9H2,(H2,17,21)(H,18,19). The second-order valence-corrected chi connectivity index (χ2v) is 5.98. The highest BCUT2D eigenvalue weighted by molar-refractivity contribution is 14.1. The minimum absolute atomic E-state index is 0.131. The van der Waals surface area contributed by atoms with E-state index in [4.69, 9.17) is 22.7 Å². The maximum atomic E-state index is 12.2. The molecule has 1 amide bonds. The fourth-order valence-corrected chi connectivity index (χ4v) is 2.06. The molecule has 0 aliphatic carbocycles. The summed E-state index contributed by atoms with van der Waals surface area (Å²) in [5, 5.41) is 2.82. The first-order valence-corrected chi connectivity index (χ1v) is 7.62. The summed E-state index contributed by atoms with van der Waals surface area (Å²) in [6.45, 7) is 0.131. The summed E-state index contributed by atoms with van der Waals surface area (Å²) in [7, 11) is 0. The third-order valence-corrected chi connectivity index (χ3v) is 3.45. The molecule has 0 aromatic heterocycles. The first-order chi connectivity index (χ1) is 10.1. The zero-order chi connectivity index (χ0) is 15.2. The lowest BCUT2D eigenvalue weighted by Crippen LogP contribution is -2.19. The number of nitrogens with one attached hydrogen (secondary N) is 1. The molecular formula is C15H13IN2O2S. The fourth-order valence-electron chi connectivity index (χ4n) is 1.64. The zero-order valence-corrected chi connectivity index (χ0v) is 14.0. The largest absolute Gasteiger partial charge is 0.484 e. The summed E-state index contributed by atoms with van der Waals surface area (Å²) >= 11 is 6.97. The molecule has 2 rings (SSSR count). The number of hydrogen-bond acceptors (Lipinski definition) is 3. The number of para-hydroxylation sites is 2. The van der Waals surface area contributed by atoms with Gasteiger partial charge in [-0.3, -0.25) is 4.79 Å². The van der Waals surface area contributed by atoms with E-state index >= 15 is 0 Å². The quantitative estimate of drug-likeness (QED) is 0.585. The van der Waals surface area contributed by atoms with Crippen molar-refractivity contribution in [2.24, 2.45) is 5.73 Å². The number of nitrogens with two attached hydrogens (primary N) is 1. The zero-order valence-electron chi connectivity index (χ0n) is 11.0. The molecule has 0 aliphatic heterocycles. The summed E-state index contributed by atoms with van der Waals surface area (Å²) in [6.07, 6.45) is 0. The molecule has 0 unspecified atom stereocenters. The van der Waals surface area contributed by atoms with Gasteiger partial charge in [-0.15, -0.1) is 0 Å². The summed E-state index contributed by atoms with van der Waals surface area (Å²) in [5.74, 6) is 0.335. The Morgan fingerprint density at radius 2 is 1.86 bits per heavy atom. The van der Waals surface area contributed by atoms with Crippen molar-refractivity contribution in [3.63, 3.8) is 0 Å². The van der Waals surface area contributed by atoms with Gasteiger partial charge in [-0.2, -0.15) is 0 Å². The third kappa shape index (κ3) is 4.68. The monoisotopic (exact) mass is 412 g/mol. The molecule has 4 nitrogen and oxygen atoms in total. The van der Waals surface area contributed by atoms with Gasteiger partial charge >= 0.3 is 0 Å². The van der Waals surface area contributed by atoms with Crippen LogP contribution in [0.25, 0.3) is 0 Å². The van der Waals surface area contributed by atoms with Crippen LogP contribution in [-0.2, 0) is 0 Å². The lowest BCUT2D eigenvalue weighted by molar-refractivity contribution is 0.102. The van der Waals surface area contributed by atoms with Crippen LogP contribution in [0.3, 0.4) is 0 Å². The lowest BCUT2D eigenvalue weighted by Gasteiger charge is -2.12. The van der Waals surface area contributed by atoms with Crippen molar-refractivity contribution in [2.45, 2.75) is 0 Å². The molecule has 0 radical (unpaired) electrons. The van der Waals surface area contributed by atoms with Crippen molar-refractivity contribution in [3.8, 4) is 5.75 Å². The molecule has 0 atom stereocenters. The molecule has 0 aliphatic rings. The molecular weight excluding hydrogens is 399 g/mol. The van der Waals surface area contributed by atoms with Gasteiger partial charge in [0.05, 0.1) is 5.69 Å². The number of ether oxygens (including phenoxy) is 1.